The standard InChI is InChI=1S/C27H29N3O3/c1-20-6-5-7-22(16-20)27(31)28-18-24(21-10-11-25-26(17-21)33-19-32-25)30-14-12-29(13-15-30)23-8-3-2-4-9-23/h2-11,16-17,24H,12-15,18-19H2,1H3,(H,28,31)/t24-/m1/s1. The largest absolute Gasteiger partial charge is 0.454 e. The lowest BCUT2D eigenvalue weighted by Crippen LogP contribution is -2.50. The Hall–Kier alpha value is -3.51. The molecule has 3 aromatic rings. The number of hydrogen-bond donors (Lipinski definition) is 1. The Labute approximate surface area is 194 Å². The number of carbonyl (C=O) groups is 1. The summed E-state index contributed by atoms with van der Waals surface area (Å²) in [6.45, 7) is 6.48. The second-order valence-corrected chi connectivity index (χ2v) is 8.57. The molecule has 6 heteroatoms. The molecule has 2 aliphatic rings. The number of ether oxygens (including phenoxy) is 2. The summed E-state index contributed by atoms with van der Waals surface area (Å²) in [5.41, 5.74) is 4.14. The number of nitrogens with zero attached hydrogens (tertiary/aromatic N) is 2. The van der Waals surface area contributed by atoms with E-state index >= 15 is 0 Å². The third-order valence-corrected chi connectivity index (χ3v) is 6.39. The fourth-order valence-corrected chi connectivity index (χ4v) is 4.59. The monoisotopic (exact) mass is 443 g/mol. The summed E-state index contributed by atoms with van der Waals surface area (Å²) in [6, 6.07) is 24.4. The topological polar surface area (TPSA) is 54.0 Å². The molecule has 1 saturated heterocycles. The summed E-state index contributed by atoms with van der Waals surface area (Å²) in [5.74, 6) is 1.49. The van der Waals surface area contributed by atoms with Crippen LogP contribution in [0.2, 0.25) is 0 Å². The van der Waals surface area contributed by atoms with Crippen molar-refractivity contribution in [2.75, 3.05) is 44.4 Å². The SMILES string of the molecule is Cc1cccc(C(=O)NC[C@H](c2ccc3c(c2)OCO3)N2CCN(c3ccccc3)CC2)c1. The van der Waals surface area contributed by atoms with Gasteiger partial charge in [-0.15, -0.1) is 0 Å². The fraction of sp³-hybridized carbons (Fsp3) is 0.296. The summed E-state index contributed by atoms with van der Waals surface area (Å²) in [7, 11) is 0. The second kappa shape index (κ2) is 9.55. The number of rotatable bonds is 6. The molecule has 5 rings (SSSR count). The van der Waals surface area contributed by atoms with Crippen LogP contribution >= 0.6 is 0 Å². The van der Waals surface area contributed by atoms with Gasteiger partial charge in [0.1, 0.15) is 0 Å². The van der Waals surface area contributed by atoms with Crippen LogP contribution < -0.4 is 19.7 Å². The number of anilines is 1. The van der Waals surface area contributed by atoms with E-state index in [1.165, 1.54) is 5.69 Å². The summed E-state index contributed by atoms with van der Waals surface area (Å²) in [6.07, 6.45) is 0. The predicted octanol–water partition coefficient (Wildman–Crippen LogP) is 4.02. The molecule has 0 aromatic heterocycles. The minimum absolute atomic E-state index is 0.0474. The van der Waals surface area contributed by atoms with E-state index in [-0.39, 0.29) is 18.7 Å². The molecular formula is C27H29N3O3. The molecule has 2 heterocycles. The number of carbonyl (C=O) groups excluding carboxylic acids is 1. The minimum Gasteiger partial charge on any atom is -0.454 e. The number of amides is 1. The lowest BCUT2D eigenvalue weighted by atomic mass is 10.0. The Bertz CT molecular complexity index is 1110. The summed E-state index contributed by atoms with van der Waals surface area (Å²) >= 11 is 0. The third kappa shape index (κ3) is 4.81. The molecule has 1 atom stereocenters. The maximum Gasteiger partial charge on any atom is 0.251 e. The van der Waals surface area contributed by atoms with E-state index in [2.05, 4.69) is 51.5 Å². The van der Waals surface area contributed by atoms with Gasteiger partial charge in [-0.2, -0.15) is 0 Å². The van der Waals surface area contributed by atoms with Gasteiger partial charge in [0.2, 0.25) is 6.79 Å². The highest BCUT2D eigenvalue weighted by Gasteiger charge is 2.27. The van der Waals surface area contributed by atoms with Crippen molar-refractivity contribution in [2.24, 2.45) is 0 Å². The van der Waals surface area contributed by atoms with Gasteiger partial charge in [0.25, 0.3) is 5.91 Å². The lowest BCUT2D eigenvalue weighted by molar-refractivity contribution is 0.0930. The second-order valence-electron chi connectivity index (χ2n) is 8.57. The molecule has 1 amide bonds. The van der Waals surface area contributed by atoms with Crippen molar-refractivity contribution < 1.29 is 14.3 Å². The van der Waals surface area contributed by atoms with Gasteiger partial charge in [-0.05, 0) is 48.9 Å². The van der Waals surface area contributed by atoms with Gasteiger partial charge in [-0.25, -0.2) is 0 Å². The average Bonchev–Trinajstić information content (AvgIpc) is 3.33. The van der Waals surface area contributed by atoms with Gasteiger partial charge < -0.3 is 19.7 Å². The first-order valence-corrected chi connectivity index (χ1v) is 11.5. The molecular weight excluding hydrogens is 414 g/mol. The maximum absolute atomic E-state index is 12.9. The molecule has 6 nitrogen and oxygen atoms in total. The molecule has 2 aliphatic heterocycles. The van der Waals surface area contributed by atoms with E-state index in [9.17, 15) is 4.79 Å². The van der Waals surface area contributed by atoms with Crippen molar-refractivity contribution in [3.63, 3.8) is 0 Å². The highest BCUT2D eigenvalue weighted by Crippen LogP contribution is 2.35. The number of para-hydroxylation sites is 1. The number of aryl methyl sites for hydroxylation is 1. The van der Waals surface area contributed by atoms with Crippen LogP contribution in [0.4, 0.5) is 5.69 Å². The number of fused-ring (bicyclic) bond motifs is 1. The quantitative estimate of drug-likeness (QED) is 0.624. The molecule has 1 N–H and O–H groups in total. The van der Waals surface area contributed by atoms with E-state index in [4.69, 9.17) is 9.47 Å². The van der Waals surface area contributed by atoms with Crippen molar-refractivity contribution in [1.82, 2.24) is 10.2 Å². The molecule has 170 valence electrons. The molecule has 33 heavy (non-hydrogen) atoms. The zero-order valence-electron chi connectivity index (χ0n) is 18.9. The van der Waals surface area contributed by atoms with Crippen LogP contribution in [0.15, 0.2) is 72.8 Å². The average molecular weight is 444 g/mol. The molecule has 0 spiro atoms. The molecule has 0 aliphatic carbocycles. The third-order valence-electron chi connectivity index (χ3n) is 6.39. The van der Waals surface area contributed by atoms with Crippen LogP contribution in [0.3, 0.4) is 0 Å². The van der Waals surface area contributed by atoms with Gasteiger partial charge >= 0.3 is 0 Å². The normalized spacial score (nSPS) is 16.5. The van der Waals surface area contributed by atoms with Gasteiger partial charge in [0.15, 0.2) is 11.5 Å². The Kier molecular flexibility index (Phi) is 6.17. The highest BCUT2D eigenvalue weighted by molar-refractivity contribution is 5.94. The van der Waals surface area contributed by atoms with Crippen LogP contribution in [0.1, 0.15) is 27.5 Å². The van der Waals surface area contributed by atoms with Crippen LogP contribution in [0, 0.1) is 6.92 Å². The van der Waals surface area contributed by atoms with Crippen LogP contribution in [-0.2, 0) is 0 Å². The van der Waals surface area contributed by atoms with Gasteiger partial charge in [-0.1, -0.05) is 42.0 Å². The van der Waals surface area contributed by atoms with Crippen molar-refractivity contribution in [3.8, 4) is 11.5 Å². The summed E-state index contributed by atoms with van der Waals surface area (Å²) in [5, 5.41) is 3.17. The summed E-state index contributed by atoms with van der Waals surface area (Å²) < 4.78 is 11.1. The van der Waals surface area contributed by atoms with E-state index in [1.54, 1.807) is 0 Å². The van der Waals surface area contributed by atoms with Gasteiger partial charge in [-0.3, -0.25) is 9.69 Å². The number of piperazine rings is 1. The first-order valence-electron chi connectivity index (χ1n) is 11.5. The molecule has 1 fully saturated rings. The molecule has 0 bridgehead atoms. The van der Waals surface area contributed by atoms with Crippen LogP contribution in [0.5, 0.6) is 11.5 Å². The van der Waals surface area contributed by atoms with Crippen LogP contribution in [0.25, 0.3) is 0 Å². The molecule has 0 radical (unpaired) electrons. The Morgan fingerprint density at radius 2 is 1.70 bits per heavy atom. The van der Waals surface area contributed by atoms with E-state index in [0.717, 1.165) is 48.8 Å². The van der Waals surface area contributed by atoms with Crippen molar-refractivity contribution in [1.29, 1.82) is 0 Å². The molecule has 3 aromatic carbocycles. The lowest BCUT2D eigenvalue weighted by Gasteiger charge is -2.40. The molecule has 0 unspecified atom stereocenters. The zero-order valence-corrected chi connectivity index (χ0v) is 18.9. The Morgan fingerprint density at radius 3 is 2.48 bits per heavy atom. The van der Waals surface area contributed by atoms with E-state index in [1.807, 2.05) is 43.3 Å². The van der Waals surface area contributed by atoms with E-state index in [0.29, 0.717) is 12.1 Å². The van der Waals surface area contributed by atoms with Crippen molar-refractivity contribution >= 4 is 11.6 Å². The van der Waals surface area contributed by atoms with Crippen LogP contribution in [-0.4, -0.2) is 50.3 Å². The number of benzene rings is 3. The zero-order chi connectivity index (χ0) is 22.6. The minimum atomic E-state index is -0.0487. The number of hydrogen-bond acceptors (Lipinski definition) is 5. The van der Waals surface area contributed by atoms with Crippen molar-refractivity contribution in [2.45, 2.75) is 13.0 Å². The predicted molar refractivity (Wildman–Crippen MR) is 129 cm³/mol. The smallest absolute Gasteiger partial charge is 0.251 e. The van der Waals surface area contributed by atoms with Gasteiger partial charge in [0.05, 0.1) is 6.04 Å². The summed E-state index contributed by atoms with van der Waals surface area (Å²) in [4.78, 5) is 17.7. The first kappa shape index (κ1) is 21.3. The fourth-order valence-electron chi connectivity index (χ4n) is 4.59. The first-order chi connectivity index (χ1) is 16.2. The van der Waals surface area contributed by atoms with Crippen molar-refractivity contribution in [3.05, 3.63) is 89.5 Å². The molecule has 0 saturated carbocycles. The van der Waals surface area contributed by atoms with Gasteiger partial charge in [0, 0.05) is 44.0 Å². The highest BCUT2D eigenvalue weighted by atomic mass is 16.7. The Morgan fingerprint density at radius 1 is 0.909 bits per heavy atom. The number of nitrogens with one attached hydrogen (secondary N) is 1. The Balaban J connectivity index is 1.32. The maximum atomic E-state index is 12.9. The van der Waals surface area contributed by atoms with E-state index < -0.39 is 0 Å².